The van der Waals surface area contributed by atoms with Crippen LogP contribution in [0.25, 0.3) is 0 Å². The van der Waals surface area contributed by atoms with Crippen LogP contribution in [0.2, 0.25) is 0 Å². The molecule has 0 saturated heterocycles. The molecule has 1 aliphatic heterocycles. The van der Waals surface area contributed by atoms with E-state index < -0.39 is 19.2 Å². The zero-order valence-electron chi connectivity index (χ0n) is 22.0. The Hall–Kier alpha value is -3.33. The second-order valence-electron chi connectivity index (χ2n) is 10.8. The minimum absolute atomic E-state index is 0.0837. The number of aromatic nitrogens is 2. The van der Waals surface area contributed by atoms with Crippen LogP contribution < -0.4 is 10.5 Å². The zero-order chi connectivity index (χ0) is 27.8. The number of aromatic carboxylic acids is 1. The van der Waals surface area contributed by atoms with Gasteiger partial charge in [-0.1, -0.05) is 30.4 Å². The number of nitrogens with two attached hydrogens (primary N) is 1. The Balaban J connectivity index is 1.17. The lowest BCUT2D eigenvalue weighted by Gasteiger charge is -2.35. The summed E-state index contributed by atoms with van der Waals surface area (Å²) in [4.78, 5) is 34.6. The molecule has 10 nitrogen and oxygen atoms in total. The smallest absolute Gasteiger partial charge is 0.335 e. The summed E-state index contributed by atoms with van der Waals surface area (Å²) in [7, 11) is -3.91. The number of fused-ring (bicyclic) bond motifs is 1. The van der Waals surface area contributed by atoms with E-state index in [-0.39, 0.29) is 23.6 Å². The number of rotatable bonds is 7. The van der Waals surface area contributed by atoms with E-state index in [1.54, 1.807) is 12.1 Å². The van der Waals surface area contributed by atoms with Crippen LogP contribution in [-0.2, 0) is 15.3 Å². The molecule has 206 valence electrons. The number of benzene rings is 1. The van der Waals surface area contributed by atoms with E-state index in [0.717, 1.165) is 30.5 Å². The molecule has 11 heteroatoms. The first-order valence-electron chi connectivity index (χ1n) is 13.1. The predicted molar refractivity (Wildman–Crippen MR) is 147 cm³/mol. The van der Waals surface area contributed by atoms with Gasteiger partial charge in [-0.3, -0.25) is 4.57 Å². The summed E-state index contributed by atoms with van der Waals surface area (Å²) < 4.78 is 24.5. The van der Waals surface area contributed by atoms with Gasteiger partial charge in [0.1, 0.15) is 11.9 Å². The Morgan fingerprint density at radius 2 is 2.00 bits per heavy atom. The molecular formula is C28H33N4O6P. The predicted octanol–water partition coefficient (Wildman–Crippen LogP) is 5.46. The number of carboxylic acids is 1. The largest absolute Gasteiger partial charge is 0.478 e. The molecule has 2 atom stereocenters. The van der Waals surface area contributed by atoms with Crippen molar-refractivity contribution in [2.24, 2.45) is 16.8 Å². The van der Waals surface area contributed by atoms with E-state index >= 15 is 0 Å². The van der Waals surface area contributed by atoms with Crippen molar-refractivity contribution in [1.29, 1.82) is 0 Å². The summed E-state index contributed by atoms with van der Waals surface area (Å²) >= 11 is 0. The molecule has 0 amide bonds. The van der Waals surface area contributed by atoms with Crippen LogP contribution in [0.15, 0.2) is 59.4 Å². The van der Waals surface area contributed by atoms with Crippen molar-refractivity contribution < 1.29 is 28.6 Å². The first-order chi connectivity index (χ1) is 18.5. The molecule has 39 heavy (non-hydrogen) atoms. The van der Waals surface area contributed by atoms with E-state index in [9.17, 15) is 14.3 Å². The monoisotopic (exact) mass is 552 g/mol. The lowest BCUT2D eigenvalue weighted by Crippen LogP contribution is -2.41. The van der Waals surface area contributed by atoms with E-state index in [0.29, 0.717) is 41.8 Å². The number of ether oxygens (including phenoxy) is 1. The fourth-order valence-corrected chi connectivity index (χ4v) is 7.00. The molecule has 2 heterocycles. The number of allylic oxidation sites excluding steroid dienone is 3. The molecular weight excluding hydrogens is 519 g/mol. The van der Waals surface area contributed by atoms with Crippen molar-refractivity contribution in [3.63, 3.8) is 0 Å². The maximum absolute atomic E-state index is 12.8. The number of anilines is 1. The maximum atomic E-state index is 12.8. The normalized spacial score (nSPS) is 25.5. The molecule has 4 N–H and O–H groups in total. The molecule has 0 spiro atoms. The van der Waals surface area contributed by atoms with Crippen LogP contribution in [0.4, 0.5) is 11.5 Å². The van der Waals surface area contributed by atoms with Crippen molar-refractivity contribution in [1.82, 2.24) is 9.97 Å². The molecule has 2 aliphatic carbocycles. The molecule has 1 aromatic carbocycles. The second-order valence-corrected chi connectivity index (χ2v) is 12.6. The van der Waals surface area contributed by atoms with Crippen molar-refractivity contribution in [2.45, 2.75) is 63.8 Å². The van der Waals surface area contributed by atoms with Gasteiger partial charge in [-0.05, 0) is 81.1 Å². The highest BCUT2D eigenvalue weighted by Crippen LogP contribution is 2.50. The first-order valence-corrected chi connectivity index (χ1v) is 14.9. The molecule has 0 bridgehead atoms. The number of carboxylic acid groups (broad SMARTS) is 1. The summed E-state index contributed by atoms with van der Waals surface area (Å²) in [6.45, 7) is 3.91. The average molecular weight is 553 g/mol. The minimum atomic E-state index is -3.91. The van der Waals surface area contributed by atoms with Crippen LogP contribution in [0, 0.1) is 11.8 Å². The van der Waals surface area contributed by atoms with Crippen LogP contribution in [-0.4, -0.2) is 43.4 Å². The summed E-state index contributed by atoms with van der Waals surface area (Å²) in [5, 5.41) is 9.16. The van der Waals surface area contributed by atoms with Crippen LogP contribution >= 0.6 is 7.60 Å². The van der Waals surface area contributed by atoms with Crippen molar-refractivity contribution in [3.8, 4) is 5.88 Å². The highest BCUT2D eigenvalue weighted by molar-refractivity contribution is 7.52. The average Bonchev–Trinajstić information content (AvgIpc) is 2.88. The van der Waals surface area contributed by atoms with Gasteiger partial charge in [0.15, 0.2) is 11.5 Å². The Labute approximate surface area is 227 Å². The Kier molecular flexibility index (Phi) is 7.46. The Morgan fingerprint density at radius 3 is 2.69 bits per heavy atom. The van der Waals surface area contributed by atoms with Crippen molar-refractivity contribution in [3.05, 3.63) is 65.5 Å². The van der Waals surface area contributed by atoms with E-state index in [1.807, 2.05) is 13.8 Å². The van der Waals surface area contributed by atoms with E-state index in [2.05, 4.69) is 28.2 Å². The minimum Gasteiger partial charge on any atom is -0.478 e. The summed E-state index contributed by atoms with van der Waals surface area (Å²) in [6, 6.07) is 6.07. The highest BCUT2D eigenvalue weighted by Gasteiger charge is 2.37. The Morgan fingerprint density at radius 1 is 1.23 bits per heavy atom. The van der Waals surface area contributed by atoms with Gasteiger partial charge in [-0.25, -0.2) is 14.8 Å². The molecule has 1 saturated carbocycles. The number of aliphatic imine (C=N–C) groups is 1. The lowest BCUT2D eigenvalue weighted by atomic mass is 9.75. The highest BCUT2D eigenvalue weighted by atomic mass is 31.2. The SMILES string of the molecule is CC1(C)Oc2ncnc(N)c2N=C1C1=CCC([C@H]2CC[C@H](OP(=O)(O)Cc3cccc(C(=O)O)c3)CC2)C=C1. The van der Waals surface area contributed by atoms with Gasteiger partial charge in [-0.15, -0.1) is 0 Å². The van der Waals surface area contributed by atoms with Gasteiger partial charge in [0.05, 0.1) is 23.5 Å². The van der Waals surface area contributed by atoms with Gasteiger partial charge < -0.3 is 25.0 Å². The molecule has 2 unspecified atom stereocenters. The maximum Gasteiger partial charge on any atom is 0.335 e. The molecule has 1 aromatic heterocycles. The van der Waals surface area contributed by atoms with Gasteiger partial charge in [-0.2, -0.15) is 4.98 Å². The van der Waals surface area contributed by atoms with Crippen LogP contribution in [0.1, 0.15) is 61.9 Å². The molecule has 5 rings (SSSR count). The first kappa shape index (κ1) is 27.2. The van der Waals surface area contributed by atoms with Gasteiger partial charge in [0.2, 0.25) is 5.88 Å². The number of carbonyl (C=O) groups is 1. The second kappa shape index (κ2) is 10.7. The lowest BCUT2D eigenvalue weighted by molar-refractivity contribution is 0.0696. The van der Waals surface area contributed by atoms with Crippen LogP contribution in [0.3, 0.4) is 0 Å². The number of hydrogen-bond acceptors (Lipinski definition) is 8. The van der Waals surface area contributed by atoms with E-state index in [4.69, 9.17) is 25.1 Å². The number of hydrogen-bond donors (Lipinski definition) is 3. The summed E-state index contributed by atoms with van der Waals surface area (Å²) in [6.07, 6.45) is 11.4. The van der Waals surface area contributed by atoms with E-state index in [1.165, 1.54) is 18.5 Å². The molecule has 2 aromatic rings. The third kappa shape index (κ3) is 6.13. The zero-order valence-corrected chi connectivity index (χ0v) is 22.9. The fourth-order valence-electron chi connectivity index (χ4n) is 5.59. The van der Waals surface area contributed by atoms with Crippen LogP contribution in [0.5, 0.6) is 5.88 Å². The van der Waals surface area contributed by atoms with Crippen molar-refractivity contribution >= 4 is 30.8 Å². The summed E-state index contributed by atoms with van der Waals surface area (Å²) in [5.74, 6) is 0.409. The summed E-state index contributed by atoms with van der Waals surface area (Å²) in [5.41, 5.74) is 8.13. The third-order valence-corrected chi connectivity index (χ3v) is 8.96. The fraction of sp³-hybridized carbons (Fsp3) is 0.429. The van der Waals surface area contributed by atoms with Gasteiger partial charge in [0.25, 0.3) is 0 Å². The number of nitrogen functional groups attached to an aromatic ring is 1. The molecule has 1 fully saturated rings. The van der Waals surface area contributed by atoms with Gasteiger partial charge in [0, 0.05) is 0 Å². The Bertz CT molecular complexity index is 1410. The topological polar surface area (TPSA) is 157 Å². The molecule has 0 radical (unpaired) electrons. The van der Waals surface area contributed by atoms with Gasteiger partial charge >= 0.3 is 13.6 Å². The number of nitrogens with zero attached hydrogens (tertiary/aromatic N) is 3. The quantitative estimate of drug-likeness (QED) is 0.379. The van der Waals surface area contributed by atoms with Crippen molar-refractivity contribution in [2.75, 3.05) is 5.73 Å². The third-order valence-electron chi connectivity index (χ3n) is 7.56. The standard InChI is InChI=1S/C28H33N4O6P/c1-28(2)24(32-23-25(29)30-16-31-26(23)37-28)20-8-6-18(7-9-20)19-10-12-22(13-11-19)38-39(35,36)15-17-4-3-5-21(14-17)27(33)34/h3-6,8-9,14,16,18-19,22H,7,10-13,15H2,1-2H3,(H,33,34)(H,35,36)(H2,29,30,31)/t18?,19-,22-. The molecule has 3 aliphatic rings.